The molecular formula is C43H70N2O19. The molecule has 0 aliphatic carbocycles. The summed E-state index contributed by atoms with van der Waals surface area (Å²) in [5.41, 5.74) is 0. The average molecular weight is 919 g/mol. The molecule has 0 bridgehead atoms. The van der Waals surface area contributed by atoms with E-state index >= 15 is 0 Å². The number of aliphatic hydroxyl groups excluding tert-OH is 1. The Morgan fingerprint density at radius 1 is 0.438 bits per heavy atom. The highest BCUT2D eigenvalue weighted by atomic mass is 16.8. The van der Waals surface area contributed by atoms with Gasteiger partial charge in [0.1, 0.15) is 50.8 Å². The summed E-state index contributed by atoms with van der Waals surface area (Å²) in [5, 5.41) is 16.8. The zero-order valence-electron chi connectivity index (χ0n) is 39.2. The quantitative estimate of drug-likeness (QED) is 0.136. The SMILES string of the molecule is CO[C@H]1OC(COC(C)=O)[C@@H](OC2OC(COC(C)=O)C(O[C@H]3OC(COC(C)=O)[C@@H](OC4OC(COC(C)=O)C(O)[C@H](C)[C@H]4C)C(C)[C@@H]3NC(C)=O)[C@H](C)[C@H]2C)C(C)[C@@H]1NC(C)=O. The molecule has 4 aliphatic rings. The molecule has 0 saturated carbocycles. The number of hydrogen-bond donors (Lipinski definition) is 3. The lowest BCUT2D eigenvalue weighted by Gasteiger charge is -2.52. The van der Waals surface area contributed by atoms with Crippen LogP contribution >= 0.6 is 0 Å². The molecule has 20 atom stereocenters. The molecule has 21 nitrogen and oxygen atoms in total. The molecular weight excluding hydrogens is 848 g/mol. The summed E-state index contributed by atoms with van der Waals surface area (Å²) in [5.74, 6) is -5.58. The number of methoxy groups -OCH3 is 1. The number of rotatable bonds is 17. The molecule has 0 aromatic rings. The fraction of sp³-hybridized carbons (Fsp3) is 0.860. The van der Waals surface area contributed by atoms with Gasteiger partial charge in [0.15, 0.2) is 25.2 Å². The Kier molecular flexibility index (Phi) is 19.7. The Morgan fingerprint density at radius 3 is 1.14 bits per heavy atom. The molecule has 21 heteroatoms. The Bertz CT molecular complexity index is 1600. The fourth-order valence-corrected chi connectivity index (χ4v) is 8.72. The Balaban J connectivity index is 1.65. The second-order valence-corrected chi connectivity index (χ2v) is 17.5. The highest BCUT2D eigenvalue weighted by molar-refractivity contribution is 5.73. The Labute approximate surface area is 374 Å². The third-order valence-corrected chi connectivity index (χ3v) is 12.7. The van der Waals surface area contributed by atoms with E-state index in [0.29, 0.717) is 0 Å². The van der Waals surface area contributed by atoms with Crippen molar-refractivity contribution >= 4 is 35.7 Å². The topological polar surface area (TPSA) is 257 Å². The van der Waals surface area contributed by atoms with Gasteiger partial charge in [-0.25, -0.2) is 0 Å². The van der Waals surface area contributed by atoms with Crippen LogP contribution in [0.2, 0.25) is 0 Å². The minimum Gasteiger partial charge on any atom is -0.463 e. The number of carbonyl (C=O) groups is 6. The summed E-state index contributed by atoms with van der Waals surface area (Å²) in [7, 11) is 1.44. The monoisotopic (exact) mass is 918 g/mol. The molecule has 3 N–H and O–H groups in total. The van der Waals surface area contributed by atoms with E-state index in [4.69, 9.17) is 56.8 Å². The number of esters is 4. The van der Waals surface area contributed by atoms with Crippen LogP contribution < -0.4 is 10.6 Å². The van der Waals surface area contributed by atoms with Crippen LogP contribution in [0.15, 0.2) is 0 Å². The molecule has 0 aromatic heterocycles. The number of ether oxygens (including phenoxy) is 12. The zero-order chi connectivity index (χ0) is 47.7. The van der Waals surface area contributed by atoms with Crippen LogP contribution in [0.3, 0.4) is 0 Å². The molecule has 4 fully saturated rings. The smallest absolute Gasteiger partial charge is 0.302 e. The van der Waals surface area contributed by atoms with E-state index in [2.05, 4.69) is 10.6 Å². The van der Waals surface area contributed by atoms with E-state index in [1.807, 2.05) is 41.5 Å². The van der Waals surface area contributed by atoms with Gasteiger partial charge in [0, 0.05) is 72.3 Å². The summed E-state index contributed by atoms with van der Waals surface area (Å²) in [6.07, 6.45) is -11.2. The van der Waals surface area contributed by atoms with E-state index in [1.165, 1.54) is 48.7 Å². The van der Waals surface area contributed by atoms with E-state index in [9.17, 15) is 33.9 Å². The minimum absolute atomic E-state index is 0.182. The molecule has 10 unspecified atom stereocenters. The molecule has 0 spiro atoms. The lowest BCUT2D eigenvalue weighted by molar-refractivity contribution is -0.357. The van der Waals surface area contributed by atoms with Crippen molar-refractivity contribution < 1.29 is 90.7 Å². The van der Waals surface area contributed by atoms with Crippen molar-refractivity contribution in [3.05, 3.63) is 0 Å². The van der Waals surface area contributed by atoms with Gasteiger partial charge < -0.3 is 72.6 Å². The van der Waals surface area contributed by atoms with Crippen LogP contribution in [-0.2, 0) is 85.6 Å². The van der Waals surface area contributed by atoms with Crippen LogP contribution in [0.25, 0.3) is 0 Å². The van der Waals surface area contributed by atoms with Crippen molar-refractivity contribution in [2.24, 2.45) is 35.5 Å². The van der Waals surface area contributed by atoms with Crippen LogP contribution in [0, 0.1) is 35.5 Å². The van der Waals surface area contributed by atoms with Crippen molar-refractivity contribution in [3.8, 4) is 0 Å². The summed E-state index contributed by atoms with van der Waals surface area (Å²) < 4.78 is 72.8. The van der Waals surface area contributed by atoms with Crippen molar-refractivity contribution in [2.45, 2.75) is 169 Å². The number of carbonyl (C=O) groups excluding carboxylic acids is 6. The Hall–Kier alpha value is -3.54. The van der Waals surface area contributed by atoms with Gasteiger partial charge in [-0.3, -0.25) is 28.8 Å². The first kappa shape index (κ1) is 53.1. The molecule has 4 heterocycles. The molecule has 0 aromatic carbocycles. The van der Waals surface area contributed by atoms with Crippen molar-refractivity contribution in [3.63, 3.8) is 0 Å². The van der Waals surface area contributed by atoms with Crippen molar-refractivity contribution in [1.29, 1.82) is 0 Å². The summed E-state index contributed by atoms with van der Waals surface area (Å²) >= 11 is 0. The second-order valence-electron chi connectivity index (χ2n) is 17.5. The normalized spacial score (nSPS) is 40.0. The molecule has 64 heavy (non-hydrogen) atoms. The molecule has 366 valence electrons. The maximum Gasteiger partial charge on any atom is 0.302 e. The molecule has 4 rings (SSSR count). The van der Waals surface area contributed by atoms with Gasteiger partial charge in [0.25, 0.3) is 0 Å². The molecule has 4 aliphatic heterocycles. The average Bonchev–Trinajstić information content (AvgIpc) is 3.21. The standard InChI is InChI=1S/C43H70N2O19/c1-18-20(3)40(58-30(36(18)52)14-54-26(9)48)62-39-23(6)35(45-25(8)47)43(61-33(39)17-57-29(12)51)64-37-19(2)21(4)41(59-31(37)15-55-27(10)49)63-38-22(5)34(44-24(7)46)42(53-13)60-32(38)16-56-28(11)50/h18-23,30-43,52H,14-17H2,1-13H3,(H,44,46)(H,45,47)/t18-,19-,20-,21-,22?,23?,30?,31?,32?,33?,34+,35+,36?,37?,38+,39+,40?,41?,42+,43-/m1/s1. The minimum atomic E-state index is -1.20. The molecule has 2 amide bonds. The Morgan fingerprint density at radius 2 is 0.750 bits per heavy atom. The number of nitrogens with one attached hydrogen (secondary N) is 2. The lowest BCUT2D eigenvalue weighted by Crippen LogP contribution is -2.65. The van der Waals surface area contributed by atoms with Gasteiger partial charge in [-0.2, -0.15) is 0 Å². The van der Waals surface area contributed by atoms with Gasteiger partial charge in [0.05, 0.1) is 36.5 Å². The maximum atomic E-state index is 12.8. The predicted octanol–water partition coefficient (Wildman–Crippen LogP) is 1.13. The third kappa shape index (κ3) is 13.8. The van der Waals surface area contributed by atoms with Gasteiger partial charge in [0.2, 0.25) is 11.8 Å². The zero-order valence-corrected chi connectivity index (χ0v) is 39.2. The van der Waals surface area contributed by atoms with Crippen LogP contribution in [0.5, 0.6) is 0 Å². The van der Waals surface area contributed by atoms with E-state index in [-0.39, 0.29) is 44.2 Å². The van der Waals surface area contributed by atoms with Gasteiger partial charge in [-0.15, -0.1) is 0 Å². The summed E-state index contributed by atoms with van der Waals surface area (Å²) in [4.78, 5) is 73.0. The summed E-state index contributed by atoms with van der Waals surface area (Å²) in [6.45, 7) is 17.9. The highest BCUT2D eigenvalue weighted by Gasteiger charge is 2.54. The number of hydrogen-bond acceptors (Lipinski definition) is 19. The highest BCUT2D eigenvalue weighted by Crippen LogP contribution is 2.41. The molecule has 4 saturated heterocycles. The lowest BCUT2D eigenvalue weighted by atomic mass is 9.83. The number of aliphatic hydroxyl groups is 1. The maximum absolute atomic E-state index is 12.8. The van der Waals surface area contributed by atoms with Gasteiger partial charge in [-0.1, -0.05) is 41.5 Å². The largest absolute Gasteiger partial charge is 0.463 e. The van der Waals surface area contributed by atoms with Crippen molar-refractivity contribution in [1.82, 2.24) is 10.6 Å². The molecule has 0 radical (unpaired) electrons. The van der Waals surface area contributed by atoms with E-state index in [0.717, 1.165) is 0 Å². The van der Waals surface area contributed by atoms with Gasteiger partial charge >= 0.3 is 23.9 Å². The predicted molar refractivity (Wildman–Crippen MR) is 219 cm³/mol. The first-order valence-corrected chi connectivity index (χ1v) is 21.9. The van der Waals surface area contributed by atoms with Crippen LogP contribution in [-0.4, -0.2) is 160 Å². The van der Waals surface area contributed by atoms with E-state index < -0.39 is 140 Å². The van der Waals surface area contributed by atoms with Crippen molar-refractivity contribution in [2.75, 3.05) is 33.5 Å². The van der Waals surface area contributed by atoms with E-state index in [1.54, 1.807) is 0 Å². The summed E-state index contributed by atoms with van der Waals surface area (Å²) in [6, 6.07) is -1.53. The second kappa shape index (κ2) is 23.8. The number of amides is 2. The first-order chi connectivity index (χ1) is 30.0. The fourth-order valence-electron chi connectivity index (χ4n) is 8.72. The third-order valence-electron chi connectivity index (χ3n) is 12.7. The van der Waals surface area contributed by atoms with Crippen LogP contribution in [0.4, 0.5) is 0 Å². The first-order valence-electron chi connectivity index (χ1n) is 21.9. The van der Waals surface area contributed by atoms with Gasteiger partial charge in [-0.05, 0) is 11.8 Å². The van der Waals surface area contributed by atoms with Crippen LogP contribution in [0.1, 0.15) is 83.1 Å².